The van der Waals surface area contributed by atoms with E-state index >= 15 is 0 Å². The van der Waals surface area contributed by atoms with Gasteiger partial charge in [0, 0.05) is 65.7 Å². The van der Waals surface area contributed by atoms with Crippen LogP contribution in [0, 0.1) is 35.5 Å². The summed E-state index contributed by atoms with van der Waals surface area (Å²) in [4.78, 5) is 156. The molecule has 0 radical (unpaired) electrons. The van der Waals surface area contributed by atoms with Crippen LogP contribution in [0.5, 0.6) is 0 Å². The molecule has 13 atom stereocenters. The summed E-state index contributed by atoms with van der Waals surface area (Å²) in [5.74, 6) is -6.84. The van der Waals surface area contributed by atoms with E-state index in [-0.39, 0.29) is 74.8 Å². The first-order valence-electron chi connectivity index (χ1n) is 34.7. The fraction of sp³-hybridized carbons (Fsp3) is 0.653. The normalized spacial score (nSPS) is 17.6. The molecule has 26 heteroatoms. The van der Waals surface area contributed by atoms with Crippen molar-refractivity contribution in [1.29, 1.82) is 0 Å². The van der Waals surface area contributed by atoms with Gasteiger partial charge in [-0.15, -0.1) is 0 Å². The summed E-state index contributed by atoms with van der Waals surface area (Å²) in [5.41, 5.74) is 7.37. The lowest BCUT2D eigenvalue weighted by molar-refractivity contribution is -0.148. The van der Waals surface area contributed by atoms with Crippen molar-refractivity contribution < 1.29 is 72.1 Å². The molecule has 1 fully saturated rings. The average Bonchev–Trinajstić information content (AvgIpc) is 1.66. The first-order valence-corrected chi connectivity index (χ1v) is 34.7. The molecule has 0 saturated carbocycles. The Hall–Kier alpha value is -7.81. The van der Waals surface area contributed by atoms with Crippen LogP contribution in [0.2, 0.25) is 0 Å². The van der Waals surface area contributed by atoms with E-state index in [1.807, 2.05) is 59.7 Å². The van der Waals surface area contributed by atoms with Gasteiger partial charge in [-0.25, -0.2) is 4.79 Å². The number of nitrogens with two attached hydrogens (primary N) is 1. The molecule has 98 heavy (non-hydrogen) atoms. The van der Waals surface area contributed by atoms with Gasteiger partial charge in [0.25, 0.3) is 11.8 Å². The van der Waals surface area contributed by atoms with Crippen molar-refractivity contribution in [2.75, 3.05) is 53.3 Å². The van der Waals surface area contributed by atoms with Crippen LogP contribution >= 0.6 is 0 Å². The molecule has 0 unspecified atom stereocenters. The molecule has 0 spiro atoms. The third-order valence-electron chi connectivity index (χ3n) is 18.4. The highest BCUT2D eigenvalue weighted by Crippen LogP contribution is 2.31. The van der Waals surface area contributed by atoms with Gasteiger partial charge in [-0.3, -0.25) is 57.7 Å². The number of aliphatic hydroxyl groups is 1. The van der Waals surface area contributed by atoms with E-state index in [0.717, 1.165) is 17.1 Å². The first-order chi connectivity index (χ1) is 46.3. The van der Waals surface area contributed by atoms with E-state index in [1.165, 1.54) is 26.2 Å². The maximum absolute atomic E-state index is 14.8. The van der Waals surface area contributed by atoms with Gasteiger partial charge in [0.15, 0.2) is 0 Å². The summed E-state index contributed by atoms with van der Waals surface area (Å²) in [6.07, 6.45) is 2.29. The number of amides is 11. The van der Waals surface area contributed by atoms with Crippen molar-refractivity contribution in [3.05, 3.63) is 77.9 Å². The molecular weight excluding hydrogens is 1260 g/mol. The fourth-order valence-electron chi connectivity index (χ4n) is 12.7. The SMILES string of the molecule is CC[C@H](C)[C@@H]([C@@H](CC(=O)N1CCC[C@H]1[C@H](OC)[C@@H](C)C(=O)N[C@H](C)[C@@H](O)c1ccccc1)OC)N(C)C(=O)[C@@H](NC(=O)[C@H](C(C)C)N(C)C(=O)OCc1ccc(NC(=O)[C@H](CCCCN)NC(=O)[C@H](CC(C)C)NC(=O)[C@@H](CC(C)C)NC(=O)CCN2C(=O)C=CC2=O)cc1)C(C)C. The summed E-state index contributed by atoms with van der Waals surface area (Å²) < 4.78 is 17.8. The highest BCUT2D eigenvalue weighted by Gasteiger charge is 2.44. The molecular formula is C72H113N11O15. The van der Waals surface area contributed by atoms with Gasteiger partial charge in [0.1, 0.15) is 36.8 Å². The largest absolute Gasteiger partial charge is 0.445 e. The summed E-state index contributed by atoms with van der Waals surface area (Å²) in [7, 11) is 6.10. The Kier molecular flexibility index (Phi) is 34.0. The van der Waals surface area contributed by atoms with Crippen molar-refractivity contribution in [2.24, 2.45) is 41.2 Å². The Labute approximate surface area is 579 Å². The number of nitrogens with zero attached hydrogens (tertiary/aromatic N) is 4. The third kappa shape index (κ3) is 24.3. The molecule has 2 aromatic carbocycles. The number of aliphatic hydroxyl groups excluding tert-OH is 1. The molecule has 0 aromatic heterocycles. The van der Waals surface area contributed by atoms with E-state index < -0.39 is 138 Å². The van der Waals surface area contributed by atoms with E-state index in [4.69, 9.17) is 19.9 Å². The Bertz CT molecular complexity index is 2980. The molecule has 546 valence electrons. The van der Waals surface area contributed by atoms with Gasteiger partial charge in [-0.05, 0) is 111 Å². The van der Waals surface area contributed by atoms with E-state index in [9.17, 15) is 57.8 Å². The minimum Gasteiger partial charge on any atom is -0.445 e. The number of rotatable bonds is 40. The predicted octanol–water partition coefficient (Wildman–Crippen LogP) is 5.51. The maximum Gasteiger partial charge on any atom is 0.410 e. The molecule has 1 saturated heterocycles. The number of likely N-dealkylation sites (N-methyl/N-ethyl adjacent to an activating group) is 2. The lowest BCUT2D eigenvalue weighted by atomic mass is 9.89. The van der Waals surface area contributed by atoms with Crippen LogP contribution in [-0.4, -0.2) is 198 Å². The van der Waals surface area contributed by atoms with E-state index in [1.54, 1.807) is 94.8 Å². The molecule has 2 aromatic rings. The smallest absolute Gasteiger partial charge is 0.410 e. The number of nitrogens with one attached hydrogen (secondary N) is 6. The van der Waals surface area contributed by atoms with Crippen molar-refractivity contribution in [2.45, 2.75) is 221 Å². The van der Waals surface area contributed by atoms with Crippen LogP contribution in [0.1, 0.15) is 165 Å². The highest BCUT2D eigenvalue weighted by atomic mass is 16.6. The van der Waals surface area contributed by atoms with Crippen LogP contribution in [0.4, 0.5) is 10.5 Å². The zero-order valence-corrected chi connectivity index (χ0v) is 60.6. The van der Waals surface area contributed by atoms with Crippen molar-refractivity contribution in [1.82, 2.24) is 46.2 Å². The second-order valence-electron chi connectivity index (χ2n) is 27.7. The van der Waals surface area contributed by atoms with Gasteiger partial charge >= 0.3 is 6.09 Å². The lowest BCUT2D eigenvalue weighted by Crippen LogP contribution is -2.60. The van der Waals surface area contributed by atoms with Crippen LogP contribution in [0.15, 0.2) is 66.7 Å². The molecule has 2 aliphatic rings. The van der Waals surface area contributed by atoms with Crippen LogP contribution in [-0.2, 0) is 68.8 Å². The van der Waals surface area contributed by atoms with E-state index in [2.05, 4.69) is 31.9 Å². The second kappa shape index (κ2) is 40.3. The Morgan fingerprint density at radius 2 is 1.28 bits per heavy atom. The second-order valence-corrected chi connectivity index (χ2v) is 27.7. The Balaban J connectivity index is 1.40. The molecule has 4 rings (SSSR count). The number of methoxy groups -OCH3 is 2. The van der Waals surface area contributed by atoms with Crippen LogP contribution < -0.4 is 37.6 Å². The van der Waals surface area contributed by atoms with Crippen LogP contribution in [0.3, 0.4) is 0 Å². The lowest BCUT2D eigenvalue weighted by Gasteiger charge is -2.41. The molecule has 2 aliphatic heterocycles. The molecule has 9 N–H and O–H groups in total. The van der Waals surface area contributed by atoms with Crippen molar-refractivity contribution in [3.8, 4) is 0 Å². The van der Waals surface area contributed by atoms with Gasteiger partial charge in [-0.1, -0.05) is 125 Å². The topological polar surface area (TPSA) is 347 Å². The maximum atomic E-state index is 14.8. The summed E-state index contributed by atoms with van der Waals surface area (Å²) in [5, 5.41) is 28.0. The van der Waals surface area contributed by atoms with Crippen molar-refractivity contribution in [3.63, 3.8) is 0 Å². The monoisotopic (exact) mass is 1370 g/mol. The molecule has 0 aliphatic carbocycles. The standard InChI is InChI=1S/C72H113N11O15/c1-17-46(10)63(56(96-15)40-60(87)82-36-23-27-55(82)65(97-16)47(11)66(89)74-48(12)64(88)50-24-19-18-20-25-50)80(13)71(94)61(44(6)7)79-70(93)62(45(8)9)81(14)72(95)98-41-49-28-30-51(31-29-49)75-67(90)52(26-21-22-35-73)77-69(92)54(39-43(4)5)78-68(91)53(38-42(2)3)76-57(84)34-37-83-58(85)32-33-59(83)86/h18-20,24-25,28-33,42-48,52-56,61-65,88H,17,21-23,26-27,34-41,73H2,1-16H3,(H,74,89)(H,75,90)(H,76,84)(H,77,92)(H,78,91)(H,79,93)/t46-,47+,48+,52-,53+,54-,55-,56+,61-,62-,63-,64+,65+/m0/s1. The van der Waals surface area contributed by atoms with Crippen LogP contribution in [0.25, 0.3) is 0 Å². The third-order valence-corrected chi connectivity index (χ3v) is 18.4. The summed E-state index contributed by atoms with van der Waals surface area (Å²) in [6, 6.07) is 8.53. The van der Waals surface area contributed by atoms with Gasteiger partial charge < -0.3 is 66.8 Å². The molecule has 2 heterocycles. The number of hydrogen-bond acceptors (Lipinski definition) is 16. The van der Waals surface area contributed by atoms with Gasteiger partial charge in [0.2, 0.25) is 47.3 Å². The minimum atomic E-state index is -1.09. The minimum absolute atomic E-state index is 0.0518. The Morgan fingerprint density at radius 1 is 0.684 bits per heavy atom. The van der Waals surface area contributed by atoms with Gasteiger partial charge in [0.05, 0.1) is 48.8 Å². The number of hydrogen-bond donors (Lipinski definition) is 8. The first kappa shape index (κ1) is 82.6. The summed E-state index contributed by atoms with van der Waals surface area (Å²) in [6.45, 7) is 22.4. The van der Waals surface area contributed by atoms with E-state index in [0.29, 0.717) is 62.0 Å². The number of anilines is 1. The number of carbonyl (C=O) groups excluding carboxylic acids is 11. The number of likely N-dealkylation sites (tertiary alicyclic amines) is 1. The van der Waals surface area contributed by atoms with Crippen molar-refractivity contribution >= 4 is 70.9 Å². The molecule has 0 bridgehead atoms. The fourth-order valence-corrected chi connectivity index (χ4v) is 12.7. The molecule has 11 amide bonds. The Morgan fingerprint density at radius 3 is 1.82 bits per heavy atom. The zero-order chi connectivity index (χ0) is 73.2. The number of unbranched alkanes of at least 4 members (excludes halogenated alkanes) is 1. The molecule has 26 nitrogen and oxygen atoms in total. The number of carbonyl (C=O) groups is 11. The highest BCUT2D eigenvalue weighted by molar-refractivity contribution is 6.13. The van der Waals surface area contributed by atoms with Gasteiger partial charge in [-0.2, -0.15) is 0 Å². The number of ether oxygens (including phenoxy) is 3. The quantitative estimate of drug-likeness (QED) is 0.0301. The zero-order valence-electron chi connectivity index (χ0n) is 60.6. The number of benzene rings is 2. The average molecular weight is 1370 g/mol. The predicted molar refractivity (Wildman–Crippen MR) is 372 cm³/mol. The summed E-state index contributed by atoms with van der Waals surface area (Å²) >= 11 is 0. The number of imide groups is 1.